The van der Waals surface area contributed by atoms with Crippen LogP contribution in [-0.2, 0) is 21.0 Å². The molecule has 1 aromatic rings. The molecule has 0 aliphatic rings. The summed E-state index contributed by atoms with van der Waals surface area (Å²) in [7, 11) is 0. The third-order valence-electron chi connectivity index (χ3n) is 1.98. The van der Waals surface area contributed by atoms with Gasteiger partial charge in [0.15, 0.2) is 0 Å². The zero-order valence-electron chi connectivity index (χ0n) is 9.00. The van der Waals surface area contributed by atoms with Gasteiger partial charge in [0.2, 0.25) is 0 Å². The maximum absolute atomic E-state index is 10.7. The summed E-state index contributed by atoms with van der Waals surface area (Å²) in [5.74, 6) is -2.46. The van der Waals surface area contributed by atoms with Gasteiger partial charge >= 0.3 is 11.9 Å². The number of hydrogen-bond acceptors (Lipinski definition) is 4. The highest BCUT2D eigenvalue weighted by Gasteiger charge is 2.20. The molecule has 0 spiro atoms. The molecule has 3 N–H and O–H groups in total. The third-order valence-corrected chi connectivity index (χ3v) is 1.98. The predicted molar refractivity (Wildman–Crippen MR) is 58.0 cm³/mol. The van der Waals surface area contributed by atoms with E-state index in [0.717, 1.165) is 5.56 Å². The summed E-state index contributed by atoms with van der Waals surface area (Å²) in [5, 5.41) is 17.2. The van der Waals surface area contributed by atoms with E-state index < -0.39 is 24.4 Å². The van der Waals surface area contributed by atoms with E-state index in [4.69, 9.17) is 15.1 Å². The van der Waals surface area contributed by atoms with E-state index in [2.05, 4.69) is 5.48 Å². The second-order valence-electron chi connectivity index (χ2n) is 3.38. The van der Waals surface area contributed by atoms with Crippen LogP contribution in [0.3, 0.4) is 0 Å². The lowest BCUT2D eigenvalue weighted by Gasteiger charge is -2.12. The van der Waals surface area contributed by atoms with E-state index in [1.54, 1.807) is 0 Å². The Hall–Kier alpha value is -1.92. The van der Waals surface area contributed by atoms with Crippen LogP contribution in [0.4, 0.5) is 0 Å². The van der Waals surface area contributed by atoms with Crippen molar-refractivity contribution in [3.63, 3.8) is 0 Å². The highest BCUT2D eigenvalue weighted by atomic mass is 16.6. The number of rotatable bonds is 7. The minimum atomic E-state index is -1.26. The fraction of sp³-hybridized carbons (Fsp3) is 0.273. The van der Waals surface area contributed by atoms with Crippen molar-refractivity contribution in [3.05, 3.63) is 35.9 Å². The van der Waals surface area contributed by atoms with Crippen LogP contribution in [0.25, 0.3) is 0 Å². The molecule has 1 rings (SSSR count). The van der Waals surface area contributed by atoms with Crippen LogP contribution >= 0.6 is 0 Å². The zero-order valence-corrected chi connectivity index (χ0v) is 9.00. The van der Waals surface area contributed by atoms with Gasteiger partial charge in [0, 0.05) is 0 Å². The van der Waals surface area contributed by atoms with E-state index in [0.29, 0.717) is 0 Å². The maximum Gasteiger partial charge on any atom is 0.323 e. The fourth-order valence-corrected chi connectivity index (χ4v) is 1.15. The second kappa shape index (κ2) is 6.62. The van der Waals surface area contributed by atoms with E-state index in [1.807, 2.05) is 30.3 Å². The van der Waals surface area contributed by atoms with Crippen molar-refractivity contribution in [1.29, 1.82) is 0 Å². The molecule has 0 bridgehead atoms. The van der Waals surface area contributed by atoms with E-state index >= 15 is 0 Å². The summed E-state index contributed by atoms with van der Waals surface area (Å²) in [6.07, 6.45) is -0.538. The molecule has 0 heterocycles. The van der Waals surface area contributed by atoms with Crippen LogP contribution in [0.2, 0.25) is 0 Å². The SMILES string of the molecule is O=C(O)C[C@H](NOCc1ccccc1)C(=O)O. The first-order valence-corrected chi connectivity index (χ1v) is 4.95. The largest absolute Gasteiger partial charge is 0.481 e. The van der Waals surface area contributed by atoms with Crippen molar-refractivity contribution >= 4 is 11.9 Å². The van der Waals surface area contributed by atoms with Gasteiger partial charge in [0.25, 0.3) is 0 Å². The number of carboxylic acids is 2. The van der Waals surface area contributed by atoms with Crippen LogP contribution < -0.4 is 5.48 Å². The van der Waals surface area contributed by atoms with E-state index in [1.165, 1.54) is 0 Å². The van der Waals surface area contributed by atoms with Crippen molar-refractivity contribution < 1.29 is 24.6 Å². The van der Waals surface area contributed by atoms with Crippen molar-refractivity contribution in [3.8, 4) is 0 Å². The minimum Gasteiger partial charge on any atom is -0.481 e. The first kappa shape index (κ1) is 13.1. The zero-order chi connectivity index (χ0) is 12.7. The Bertz CT molecular complexity index is 379. The number of hydrogen-bond donors (Lipinski definition) is 3. The van der Waals surface area contributed by atoms with Crippen molar-refractivity contribution in [1.82, 2.24) is 5.48 Å². The minimum absolute atomic E-state index is 0.171. The van der Waals surface area contributed by atoms with Gasteiger partial charge in [-0.1, -0.05) is 30.3 Å². The lowest BCUT2D eigenvalue weighted by molar-refractivity contribution is -0.151. The molecule has 0 fully saturated rings. The summed E-state index contributed by atoms with van der Waals surface area (Å²) < 4.78 is 0. The Morgan fingerprint density at radius 2 is 1.88 bits per heavy atom. The molecule has 6 nitrogen and oxygen atoms in total. The lowest BCUT2D eigenvalue weighted by atomic mass is 10.2. The summed E-state index contributed by atoms with van der Waals surface area (Å²) in [4.78, 5) is 26.0. The number of aliphatic carboxylic acids is 2. The predicted octanol–water partition coefficient (Wildman–Crippen LogP) is 0.636. The van der Waals surface area contributed by atoms with Gasteiger partial charge in [0.1, 0.15) is 6.04 Å². The molecule has 17 heavy (non-hydrogen) atoms. The average Bonchev–Trinajstić information content (AvgIpc) is 2.28. The van der Waals surface area contributed by atoms with Gasteiger partial charge in [-0.05, 0) is 5.56 Å². The number of benzene rings is 1. The summed E-state index contributed by atoms with van der Waals surface area (Å²) in [6.45, 7) is 0.171. The molecule has 0 aromatic heterocycles. The summed E-state index contributed by atoms with van der Waals surface area (Å²) in [6, 6.07) is 7.87. The molecule has 1 aromatic carbocycles. The van der Waals surface area contributed by atoms with E-state index in [9.17, 15) is 9.59 Å². The fourth-order valence-electron chi connectivity index (χ4n) is 1.15. The van der Waals surface area contributed by atoms with Crippen LogP contribution in [0.15, 0.2) is 30.3 Å². The van der Waals surface area contributed by atoms with Crippen LogP contribution in [0.1, 0.15) is 12.0 Å². The quantitative estimate of drug-likeness (QED) is 0.604. The number of hydroxylamine groups is 1. The Kier molecular flexibility index (Phi) is 5.12. The molecule has 6 heteroatoms. The van der Waals surface area contributed by atoms with Crippen LogP contribution in [0.5, 0.6) is 0 Å². The molecule has 0 aliphatic carbocycles. The van der Waals surface area contributed by atoms with Crippen molar-refractivity contribution in [2.45, 2.75) is 19.1 Å². The molecule has 1 atom stereocenters. The molecular formula is C11H13NO5. The van der Waals surface area contributed by atoms with Crippen molar-refractivity contribution in [2.24, 2.45) is 0 Å². The molecule has 0 aliphatic heterocycles. The Morgan fingerprint density at radius 1 is 1.24 bits per heavy atom. The molecule has 0 saturated heterocycles. The van der Waals surface area contributed by atoms with Gasteiger partial charge in [-0.3, -0.25) is 14.4 Å². The molecule has 92 valence electrons. The van der Waals surface area contributed by atoms with Crippen LogP contribution in [-0.4, -0.2) is 28.2 Å². The second-order valence-corrected chi connectivity index (χ2v) is 3.38. The Morgan fingerprint density at radius 3 is 2.41 bits per heavy atom. The van der Waals surface area contributed by atoms with Gasteiger partial charge in [-0.2, -0.15) is 5.48 Å². The molecule has 0 amide bonds. The molecule has 0 saturated carbocycles. The molecule has 0 unspecified atom stereocenters. The topological polar surface area (TPSA) is 95.9 Å². The van der Waals surface area contributed by atoms with E-state index in [-0.39, 0.29) is 6.61 Å². The highest BCUT2D eigenvalue weighted by Crippen LogP contribution is 2.00. The average molecular weight is 239 g/mol. The standard InChI is InChI=1S/C11H13NO5/c13-10(14)6-9(11(15)16)12-17-7-8-4-2-1-3-5-8/h1-5,9,12H,6-7H2,(H,13,14)(H,15,16)/t9-/m0/s1. The van der Waals surface area contributed by atoms with Gasteiger partial charge < -0.3 is 10.2 Å². The Labute approximate surface area is 97.8 Å². The number of nitrogens with one attached hydrogen (secondary N) is 1. The van der Waals surface area contributed by atoms with Gasteiger partial charge in [0.05, 0.1) is 13.0 Å². The molecular weight excluding hydrogens is 226 g/mol. The van der Waals surface area contributed by atoms with Gasteiger partial charge in [-0.25, -0.2) is 0 Å². The monoisotopic (exact) mass is 239 g/mol. The summed E-state index contributed by atoms with van der Waals surface area (Å²) in [5.41, 5.74) is 3.08. The number of carbonyl (C=O) groups is 2. The third kappa shape index (κ3) is 5.10. The smallest absolute Gasteiger partial charge is 0.323 e. The molecule has 0 radical (unpaired) electrons. The highest BCUT2D eigenvalue weighted by molar-refractivity contribution is 5.80. The maximum atomic E-state index is 10.7. The van der Waals surface area contributed by atoms with Crippen LogP contribution in [0, 0.1) is 0 Å². The first-order chi connectivity index (χ1) is 8.09. The normalized spacial score (nSPS) is 12.0. The lowest BCUT2D eigenvalue weighted by Crippen LogP contribution is -2.38. The summed E-state index contributed by atoms with van der Waals surface area (Å²) >= 11 is 0. The van der Waals surface area contributed by atoms with Gasteiger partial charge in [-0.15, -0.1) is 0 Å². The Balaban J connectivity index is 2.37. The van der Waals surface area contributed by atoms with Crippen molar-refractivity contribution in [2.75, 3.05) is 0 Å². The first-order valence-electron chi connectivity index (χ1n) is 4.95. The number of carboxylic acid groups (broad SMARTS) is 2.